The number of carbonyl (C=O) groups excluding carboxylic acids is 4. The Bertz CT molecular complexity index is 2030. The molecule has 52 heavy (non-hydrogen) atoms. The lowest BCUT2D eigenvalue weighted by Gasteiger charge is -2.27. The molecule has 4 aliphatic heterocycles. The number of nitrogens with zero attached hydrogens (tertiary/aromatic N) is 6. The third kappa shape index (κ3) is 6.15. The Hall–Kier alpha value is -6.00. The fourth-order valence-corrected chi connectivity index (χ4v) is 6.96. The van der Waals surface area contributed by atoms with E-state index in [1.807, 2.05) is 0 Å². The highest BCUT2D eigenvalue weighted by Crippen LogP contribution is 2.28. The molecule has 2 atom stereocenters. The first-order chi connectivity index (χ1) is 25.2. The molecule has 5 heterocycles. The van der Waals surface area contributed by atoms with Gasteiger partial charge in [0, 0.05) is 35.8 Å². The third-order valence-corrected chi connectivity index (χ3v) is 9.57. The van der Waals surface area contributed by atoms with Gasteiger partial charge in [0.2, 0.25) is 0 Å². The van der Waals surface area contributed by atoms with Crippen molar-refractivity contribution in [2.75, 3.05) is 72.2 Å². The van der Waals surface area contributed by atoms with Crippen LogP contribution in [0.2, 0.25) is 0 Å². The SMILES string of the molecule is O=C1COCCN1c1ccc(N2CC(Cn3c(=O)c4ccccc4c(=O)n3CC3CN(c4ccc(N5CCOCC5=O)cc4)C(=O)O3)OC2=O)cc1. The van der Waals surface area contributed by atoms with Gasteiger partial charge < -0.3 is 28.7 Å². The summed E-state index contributed by atoms with van der Waals surface area (Å²) >= 11 is 0. The molecule has 2 unspecified atom stereocenters. The number of anilines is 4. The van der Waals surface area contributed by atoms with Crippen molar-refractivity contribution >= 4 is 57.5 Å². The Morgan fingerprint density at radius 1 is 0.500 bits per heavy atom. The van der Waals surface area contributed by atoms with Gasteiger partial charge in [0.05, 0.1) is 50.2 Å². The van der Waals surface area contributed by atoms with E-state index in [9.17, 15) is 28.8 Å². The third-order valence-electron chi connectivity index (χ3n) is 9.57. The van der Waals surface area contributed by atoms with Gasteiger partial charge in [-0.05, 0) is 60.7 Å². The van der Waals surface area contributed by atoms with Gasteiger partial charge in [-0.2, -0.15) is 0 Å². The number of benzene rings is 3. The fourth-order valence-electron chi connectivity index (χ4n) is 6.96. The molecule has 1 aromatic heterocycles. The van der Waals surface area contributed by atoms with Crippen molar-refractivity contribution < 1.29 is 38.1 Å². The summed E-state index contributed by atoms with van der Waals surface area (Å²) in [6.45, 7) is 1.67. The standard InChI is InChI=1S/C36H34N6O10/c43-31-21-49-15-13-37(31)23-5-9-25(10-6-23)39-17-27(51-35(39)47)19-41-33(45)29-3-1-2-4-30(29)34(46)42(41)20-28-18-40(36(48)52-28)26-11-7-24(8-12-26)38-14-16-50-22-32(38)44/h1-12,27-28H,13-22H2. The zero-order valence-corrected chi connectivity index (χ0v) is 27.9. The maximum absolute atomic E-state index is 13.9. The zero-order chi connectivity index (χ0) is 35.9. The molecule has 4 fully saturated rings. The first-order valence-electron chi connectivity index (χ1n) is 16.9. The van der Waals surface area contributed by atoms with Crippen LogP contribution in [0, 0.1) is 0 Å². The molecule has 4 amide bonds. The number of hydrogen-bond donors (Lipinski definition) is 0. The molecular weight excluding hydrogens is 676 g/mol. The van der Waals surface area contributed by atoms with Crippen LogP contribution in [-0.2, 0) is 41.6 Å². The second kappa shape index (κ2) is 13.6. The smallest absolute Gasteiger partial charge is 0.414 e. The minimum Gasteiger partial charge on any atom is -0.442 e. The fraction of sp³-hybridized carbons (Fsp3) is 0.333. The van der Waals surface area contributed by atoms with Crippen LogP contribution >= 0.6 is 0 Å². The van der Waals surface area contributed by atoms with E-state index >= 15 is 0 Å². The van der Waals surface area contributed by atoms with Gasteiger partial charge in [-0.1, -0.05) is 12.1 Å². The Labute approximate surface area is 295 Å². The van der Waals surface area contributed by atoms with Crippen LogP contribution in [0.1, 0.15) is 0 Å². The van der Waals surface area contributed by atoms with E-state index in [1.165, 1.54) is 19.2 Å². The van der Waals surface area contributed by atoms with Crippen molar-refractivity contribution in [1.82, 2.24) is 9.36 Å². The molecule has 8 rings (SSSR count). The van der Waals surface area contributed by atoms with Crippen molar-refractivity contribution in [3.05, 3.63) is 93.5 Å². The minimum absolute atomic E-state index is 0.0100. The average molecular weight is 711 g/mol. The van der Waals surface area contributed by atoms with Gasteiger partial charge in [-0.3, -0.25) is 29.0 Å². The molecular formula is C36H34N6O10. The molecule has 0 bridgehead atoms. The van der Waals surface area contributed by atoms with Crippen molar-refractivity contribution in [3.8, 4) is 0 Å². The molecule has 0 radical (unpaired) electrons. The number of ether oxygens (including phenoxy) is 4. The summed E-state index contributed by atoms with van der Waals surface area (Å²) in [5.41, 5.74) is 1.53. The monoisotopic (exact) mass is 710 g/mol. The van der Waals surface area contributed by atoms with Gasteiger partial charge in [0.25, 0.3) is 22.9 Å². The number of aromatic nitrogens is 2. The van der Waals surface area contributed by atoms with Gasteiger partial charge in [0.15, 0.2) is 0 Å². The van der Waals surface area contributed by atoms with Crippen LogP contribution in [0.4, 0.5) is 32.3 Å². The lowest BCUT2D eigenvalue weighted by atomic mass is 10.2. The predicted molar refractivity (Wildman–Crippen MR) is 187 cm³/mol. The zero-order valence-electron chi connectivity index (χ0n) is 27.9. The molecule has 0 N–H and O–H groups in total. The van der Waals surface area contributed by atoms with Gasteiger partial charge in [-0.15, -0.1) is 0 Å². The Morgan fingerprint density at radius 3 is 1.23 bits per heavy atom. The lowest BCUT2D eigenvalue weighted by Crippen LogP contribution is -2.44. The minimum atomic E-state index is -0.794. The van der Waals surface area contributed by atoms with Crippen LogP contribution in [0.5, 0.6) is 0 Å². The first-order valence-corrected chi connectivity index (χ1v) is 16.9. The summed E-state index contributed by atoms with van der Waals surface area (Å²) in [6.07, 6.45) is -2.83. The Kier molecular flexibility index (Phi) is 8.68. The highest BCUT2D eigenvalue weighted by Gasteiger charge is 2.36. The molecule has 4 saturated heterocycles. The van der Waals surface area contributed by atoms with E-state index in [1.54, 1.807) is 82.6 Å². The number of cyclic esters (lactones) is 2. The van der Waals surface area contributed by atoms with Gasteiger partial charge >= 0.3 is 12.2 Å². The van der Waals surface area contributed by atoms with Crippen molar-refractivity contribution in [1.29, 1.82) is 0 Å². The highest BCUT2D eigenvalue weighted by atomic mass is 16.6. The lowest BCUT2D eigenvalue weighted by molar-refractivity contribution is -0.126. The maximum atomic E-state index is 13.9. The summed E-state index contributed by atoms with van der Waals surface area (Å²) < 4.78 is 24.3. The second-order valence-corrected chi connectivity index (χ2v) is 12.8. The summed E-state index contributed by atoms with van der Waals surface area (Å²) in [7, 11) is 0. The van der Waals surface area contributed by atoms with E-state index in [0.29, 0.717) is 49.1 Å². The van der Waals surface area contributed by atoms with E-state index in [4.69, 9.17) is 18.9 Å². The number of carbonyl (C=O) groups is 4. The average Bonchev–Trinajstić information content (AvgIpc) is 3.73. The Balaban J connectivity index is 1.01. The Morgan fingerprint density at radius 2 is 0.865 bits per heavy atom. The first kappa shape index (κ1) is 33.2. The quantitative estimate of drug-likeness (QED) is 0.264. The number of amides is 4. The van der Waals surface area contributed by atoms with Crippen molar-refractivity contribution in [2.24, 2.45) is 0 Å². The van der Waals surface area contributed by atoms with E-state index in [-0.39, 0.29) is 62.0 Å². The molecule has 16 nitrogen and oxygen atoms in total. The molecule has 16 heteroatoms. The van der Waals surface area contributed by atoms with E-state index < -0.39 is 35.5 Å². The number of rotatable bonds is 8. The molecule has 0 aliphatic carbocycles. The molecule has 4 aromatic rings. The number of fused-ring (bicyclic) bond motifs is 1. The summed E-state index contributed by atoms with van der Waals surface area (Å²) in [5.74, 6) is -0.299. The van der Waals surface area contributed by atoms with Crippen molar-refractivity contribution in [2.45, 2.75) is 25.3 Å². The predicted octanol–water partition coefficient (Wildman–Crippen LogP) is 1.94. The van der Waals surface area contributed by atoms with Crippen LogP contribution in [0.15, 0.2) is 82.4 Å². The van der Waals surface area contributed by atoms with E-state index in [0.717, 1.165) is 0 Å². The summed E-state index contributed by atoms with van der Waals surface area (Å²) in [6, 6.07) is 20.3. The highest BCUT2D eigenvalue weighted by molar-refractivity contribution is 5.96. The molecule has 0 spiro atoms. The van der Waals surface area contributed by atoms with Crippen molar-refractivity contribution in [3.63, 3.8) is 0 Å². The van der Waals surface area contributed by atoms with Gasteiger partial charge in [-0.25, -0.2) is 19.0 Å². The summed E-state index contributed by atoms with van der Waals surface area (Å²) in [4.78, 5) is 84.5. The second-order valence-electron chi connectivity index (χ2n) is 12.8. The van der Waals surface area contributed by atoms with Crippen LogP contribution in [0.3, 0.4) is 0 Å². The molecule has 3 aromatic carbocycles. The number of hydrogen-bond acceptors (Lipinski definition) is 10. The normalized spacial score (nSPS) is 20.9. The van der Waals surface area contributed by atoms with E-state index in [2.05, 4.69) is 0 Å². The van der Waals surface area contributed by atoms with Crippen LogP contribution in [0.25, 0.3) is 10.8 Å². The summed E-state index contributed by atoms with van der Waals surface area (Å²) in [5, 5.41) is 0.420. The molecule has 268 valence electrons. The van der Waals surface area contributed by atoms with Gasteiger partial charge in [0.1, 0.15) is 25.4 Å². The van der Waals surface area contributed by atoms with Crippen LogP contribution < -0.4 is 30.7 Å². The maximum Gasteiger partial charge on any atom is 0.414 e. The topological polar surface area (TPSA) is 162 Å². The number of morpholine rings is 2. The largest absolute Gasteiger partial charge is 0.442 e. The van der Waals surface area contributed by atoms with Crippen LogP contribution in [-0.4, -0.2) is 98.2 Å². The molecule has 4 aliphatic rings. The molecule has 0 saturated carbocycles.